The Morgan fingerprint density at radius 2 is 1.94 bits per heavy atom. The molecule has 0 radical (unpaired) electrons. The smallest absolute Gasteiger partial charge is 0.311 e. The van der Waals surface area contributed by atoms with Crippen molar-refractivity contribution in [1.29, 1.82) is 0 Å². The molecule has 1 aliphatic heterocycles. The van der Waals surface area contributed by atoms with Crippen LogP contribution in [0.3, 0.4) is 0 Å². The highest BCUT2D eigenvalue weighted by molar-refractivity contribution is 6.02. The number of nitrogens with zero attached hydrogens (tertiary/aromatic N) is 2. The lowest BCUT2D eigenvalue weighted by atomic mass is 9.99. The molecule has 7 heteroatoms. The molecule has 1 aliphatic rings. The number of nitro benzene ring substituents is 1. The summed E-state index contributed by atoms with van der Waals surface area (Å²) in [7, 11) is 0. The fraction of sp³-hybridized carbons (Fsp3) is 0.375. The summed E-state index contributed by atoms with van der Waals surface area (Å²) in [4.78, 5) is 25.4. The second-order valence-corrected chi connectivity index (χ2v) is 7.87. The first-order chi connectivity index (χ1) is 15.0. The molecule has 0 atom stereocenters. The molecule has 0 spiro atoms. The Morgan fingerprint density at radius 3 is 2.58 bits per heavy atom. The molecule has 1 amide bonds. The number of ether oxygens (including phenoxy) is 1. The van der Waals surface area contributed by atoms with E-state index < -0.39 is 4.92 Å². The van der Waals surface area contributed by atoms with Gasteiger partial charge in [0.1, 0.15) is 0 Å². The van der Waals surface area contributed by atoms with Crippen LogP contribution in [0.2, 0.25) is 0 Å². The summed E-state index contributed by atoms with van der Waals surface area (Å²) in [5.74, 6) is 0.716. The lowest BCUT2D eigenvalue weighted by Crippen LogP contribution is -2.32. The quantitative estimate of drug-likeness (QED) is 0.355. The maximum atomic E-state index is 12.3. The van der Waals surface area contributed by atoms with Crippen molar-refractivity contribution >= 4 is 29.0 Å². The predicted octanol–water partition coefficient (Wildman–Crippen LogP) is 5.27. The Bertz CT molecular complexity index is 932. The minimum atomic E-state index is -0.479. The van der Waals surface area contributed by atoms with Crippen LogP contribution < -0.4 is 15.0 Å². The van der Waals surface area contributed by atoms with Gasteiger partial charge in [-0.1, -0.05) is 19.9 Å². The van der Waals surface area contributed by atoms with Crippen molar-refractivity contribution < 1.29 is 14.5 Å². The summed E-state index contributed by atoms with van der Waals surface area (Å²) in [5.41, 5.74) is 2.32. The zero-order valence-electron chi connectivity index (χ0n) is 18.0. The van der Waals surface area contributed by atoms with Gasteiger partial charge in [-0.2, -0.15) is 0 Å². The fourth-order valence-electron chi connectivity index (χ4n) is 3.49. The lowest BCUT2D eigenvalue weighted by molar-refractivity contribution is -0.385. The zero-order valence-corrected chi connectivity index (χ0v) is 18.0. The molecule has 3 rings (SSSR count). The van der Waals surface area contributed by atoms with Gasteiger partial charge in [0.05, 0.1) is 11.5 Å². The molecule has 7 nitrogen and oxygen atoms in total. The number of hydrogen-bond acceptors (Lipinski definition) is 5. The molecule has 31 heavy (non-hydrogen) atoms. The van der Waals surface area contributed by atoms with Crippen LogP contribution in [-0.2, 0) is 4.79 Å². The normalized spacial score (nSPS) is 14.6. The van der Waals surface area contributed by atoms with E-state index in [0.29, 0.717) is 17.9 Å². The average molecular weight is 424 g/mol. The molecule has 0 saturated carbocycles. The number of hydrogen-bond donors (Lipinski definition) is 1. The monoisotopic (exact) mass is 423 g/mol. The van der Waals surface area contributed by atoms with E-state index in [-0.39, 0.29) is 17.3 Å². The van der Waals surface area contributed by atoms with Crippen molar-refractivity contribution in [2.45, 2.75) is 33.1 Å². The van der Waals surface area contributed by atoms with E-state index in [2.05, 4.69) is 17.1 Å². The summed E-state index contributed by atoms with van der Waals surface area (Å²) in [6, 6.07) is 12.5. The number of nitrogens with one attached hydrogen (secondary N) is 1. The van der Waals surface area contributed by atoms with Crippen LogP contribution in [0.25, 0.3) is 6.08 Å². The maximum Gasteiger partial charge on any atom is 0.311 e. The van der Waals surface area contributed by atoms with Crippen molar-refractivity contribution in [3.8, 4) is 5.75 Å². The lowest BCUT2D eigenvalue weighted by Gasteiger charge is -2.32. The number of anilines is 2. The maximum absolute atomic E-state index is 12.3. The predicted molar refractivity (Wildman–Crippen MR) is 124 cm³/mol. The number of piperidine rings is 1. The van der Waals surface area contributed by atoms with Crippen molar-refractivity contribution in [2.75, 3.05) is 29.9 Å². The highest BCUT2D eigenvalue weighted by Crippen LogP contribution is 2.29. The second-order valence-electron chi connectivity index (χ2n) is 7.87. The largest absolute Gasteiger partial charge is 0.487 e. The van der Waals surface area contributed by atoms with Crippen molar-refractivity contribution in [2.24, 2.45) is 5.92 Å². The first kappa shape index (κ1) is 22.3. The highest BCUT2D eigenvalue weighted by atomic mass is 16.6. The molecule has 0 bridgehead atoms. The fourth-order valence-corrected chi connectivity index (χ4v) is 3.49. The van der Waals surface area contributed by atoms with Gasteiger partial charge in [-0.25, -0.2) is 0 Å². The number of rotatable bonds is 8. The summed E-state index contributed by atoms with van der Waals surface area (Å²) < 4.78 is 5.42. The highest BCUT2D eigenvalue weighted by Gasteiger charge is 2.16. The molecule has 2 aromatic carbocycles. The SMILES string of the molecule is CCCOc1ccc(/C=C/C(=O)Nc2ccc(N3CCC(C)CC3)cc2)cc1[N+](=O)[O-]. The van der Waals surface area contributed by atoms with E-state index in [0.717, 1.165) is 31.1 Å². The first-order valence-electron chi connectivity index (χ1n) is 10.7. The summed E-state index contributed by atoms with van der Waals surface area (Å²) in [6.07, 6.45) is 6.08. The average Bonchev–Trinajstić information content (AvgIpc) is 2.77. The van der Waals surface area contributed by atoms with E-state index >= 15 is 0 Å². The van der Waals surface area contributed by atoms with E-state index in [9.17, 15) is 14.9 Å². The van der Waals surface area contributed by atoms with E-state index in [1.165, 1.54) is 25.0 Å². The van der Waals surface area contributed by atoms with Gasteiger partial charge < -0.3 is 15.0 Å². The molecule has 0 aliphatic carbocycles. The standard InChI is InChI=1S/C24H29N3O4/c1-3-16-31-23-10-4-19(17-22(23)27(29)30)5-11-24(28)25-20-6-8-21(9-7-20)26-14-12-18(2)13-15-26/h4-11,17-18H,3,12-16H2,1-2H3,(H,25,28)/b11-5+. The summed E-state index contributed by atoms with van der Waals surface area (Å²) in [6.45, 7) is 6.75. The zero-order chi connectivity index (χ0) is 22.2. The number of benzene rings is 2. The Hall–Kier alpha value is -3.35. The molecule has 0 aromatic heterocycles. The van der Waals surface area contributed by atoms with E-state index in [1.807, 2.05) is 31.2 Å². The molecule has 2 aromatic rings. The topological polar surface area (TPSA) is 84.7 Å². The molecule has 164 valence electrons. The third-order valence-electron chi connectivity index (χ3n) is 5.35. The van der Waals surface area contributed by atoms with Gasteiger partial charge in [0.15, 0.2) is 5.75 Å². The van der Waals surface area contributed by atoms with E-state index in [4.69, 9.17) is 4.74 Å². The minimum absolute atomic E-state index is 0.112. The number of carbonyl (C=O) groups is 1. The minimum Gasteiger partial charge on any atom is -0.487 e. The number of nitro groups is 1. The van der Waals surface area contributed by atoms with Crippen molar-refractivity contribution in [3.63, 3.8) is 0 Å². The van der Waals surface area contributed by atoms with Crippen LogP contribution in [0.4, 0.5) is 17.1 Å². The summed E-state index contributed by atoms with van der Waals surface area (Å²) in [5, 5.41) is 14.1. The van der Waals surface area contributed by atoms with Crippen LogP contribution in [0.1, 0.15) is 38.7 Å². The van der Waals surface area contributed by atoms with Crippen LogP contribution in [0.15, 0.2) is 48.5 Å². The van der Waals surface area contributed by atoms with Gasteiger partial charge >= 0.3 is 5.69 Å². The molecular weight excluding hydrogens is 394 g/mol. The Labute approximate surface area is 182 Å². The van der Waals surface area contributed by atoms with Gasteiger partial charge in [0.2, 0.25) is 5.91 Å². The van der Waals surface area contributed by atoms with Gasteiger partial charge in [0.25, 0.3) is 0 Å². The molecule has 1 saturated heterocycles. The third-order valence-corrected chi connectivity index (χ3v) is 5.35. The van der Waals surface area contributed by atoms with Gasteiger partial charge in [-0.05, 0) is 67.2 Å². The van der Waals surface area contributed by atoms with E-state index in [1.54, 1.807) is 18.2 Å². The Kier molecular flexibility index (Phi) is 7.65. The van der Waals surface area contributed by atoms with Crippen LogP contribution in [0, 0.1) is 16.0 Å². The summed E-state index contributed by atoms with van der Waals surface area (Å²) >= 11 is 0. The van der Waals surface area contributed by atoms with Gasteiger partial charge in [-0.15, -0.1) is 0 Å². The molecule has 1 N–H and O–H groups in total. The van der Waals surface area contributed by atoms with Crippen molar-refractivity contribution in [1.82, 2.24) is 0 Å². The Morgan fingerprint density at radius 1 is 1.23 bits per heavy atom. The molecule has 1 heterocycles. The van der Waals surface area contributed by atoms with Crippen LogP contribution in [0.5, 0.6) is 5.75 Å². The second kappa shape index (κ2) is 10.6. The Balaban J connectivity index is 1.60. The van der Waals surface area contributed by atoms with Crippen LogP contribution in [-0.4, -0.2) is 30.5 Å². The first-order valence-corrected chi connectivity index (χ1v) is 10.7. The third kappa shape index (κ3) is 6.31. The number of carbonyl (C=O) groups excluding carboxylic acids is 1. The van der Waals surface area contributed by atoms with Gasteiger partial charge in [-0.3, -0.25) is 14.9 Å². The van der Waals surface area contributed by atoms with Gasteiger partial charge in [0, 0.05) is 36.6 Å². The number of amides is 1. The van der Waals surface area contributed by atoms with Crippen molar-refractivity contribution in [3.05, 3.63) is 64.2 Å². The molecular formula is C24H29N3O4. The molecule has 1 fully saturated rings. The molecule has 0 unspecified atom stereocenters. The van der Waals surface area contributed by atoms with Crippen LogP contribution >= 0.6 is 0 Å².